The zero-order chi connectivity index (χ0) is 19.7. The summed E-state index contributed by atoms with van der Waals surface area (Å²) in [4.78, 5) is 15.0. The SMILES string of the molecule is Cc1cc(N)c(NC(=O)c2ccc(Cl)c(Cl)c2)cc1N1CC(C)CC(C)C1. The van der Waals surface area contributed by atoms with Crippen LogP contribution >= 0.6 is 23.2 Å². The minimum absolute atomic E-state index is 0.268. The lowest BCUT2D eigenvalue weighted by atomic mass is 9.91. The number of benzene rings is 2. The van der Waals surface area contributed by atoms with Crippen LogP contribution in [0.25, 0.3) is 0 Å². The molecule has 4 nitrogen and oxygen atoms in total. The van der Waals surface area contributed by atoms with Gasteiger partial charge in [-0.05, 0) is 61.1 Å². The summed E-state index contributed by atoms with van der Waals surface area (Å²) in [5, 5.41) is 3.67. The van der Waals surface area contributed by atoms with E-state index >= 15 is 0 Å². The molecule has 1 heterocycles. The molecule has 3 N–H and O–H groups in total. The van der Waals surface area contributed by atoms with Gasteiger partial charge in [0.15, 0.2) is 0 Å². The average molecular weight is 406 g/mol. The molecule has 2 atom stereocenters. The second-order valence-corrected chi connectivity index (χ2v) is 8.47. The number of halogens is 2. The van der Waals surface area contributed by atoms with E-state index in [2.05, 4.69) is 31.0 Å². The van der Waals surface area contributed by atoms with Crippen LogP contribution in [0.4, 0.5) is 17.1 Å². The highest BCUT2D eigenvalue weighted by molar-refractivity contribution is 6.42. The van der Waals surface area contributed by atoms with E-state index in [0.29, 0.717) is 38.8 Å². The minimum Gasteiger partial charge on any atom is -0.397 e. The molecule has 1 amide bonds. The number of hydrogen-bond donors (Lipinski definition) is 2. The van der Waals surface area contributed by atoms with Crippen molar-refractivity contribution in [2.75, 3.05) is 29.0 Å². The molecule has 2 unspecified atom stereocenters. The van der Waals surface area contributed by atoms with Crippen molar-refractivity contribution in [3.63, 3.8) is 0 Å². The molecule has 0 aromatic heterocycles. The molecular weight excluding hydrogens is 381 g/mol. The third-order valence-electron chi connectivity index (χ3n) is 5.01. The zero-order valence-electron chi connectivity index (χ0n) is 15.9. The largest absolute Gasteiger partial charge is 0.397 e. The van der Waals surface area contributed by atoms with Gasteiger partial charge in [0.05, 0.1) is 21.4 Å². The Morgan fingerprint density at radius 3 is 2.41 bits per heavy atom. The molecule has 144 valence electrons. The van der Waals surface area contributed by atoms with Gasteiger partial charge in [-0.25, -0.2) is 0 Å². The number of hydrogen-bond acceptors (Lipinski definition) is 3. The fourth-order valence-corrected chi connectivity index (χ4v) is 4.16. The number of rotatable bonds is 3. The molecule has 0 aliphatic carbocycles. The monoisotopic (exact) mass is 405 g/mol. The quantitative estimate of drug-likeness (QED) is 0.651. The normalized spacial score (nSPS) is 19.8. The molecule has 27 heavy (non-hydrogen) atoms. The van der Waals surface area contributed by atoms with Crippen LogP contribution in [0, 0.1) is 18.8 Å². The molecule has 0 saturated carbocycles. The lowest BCUT2D eigenvalue weighted by Crippen LogP contribution is -2.39. The molecule has 2 aromatic rings. The minimum atomic E-state index is -0.268. The molecule has 1 aliphatic rings. The fourth-order valence-electron chi connectivity index (χ4n) is 3.86. The highest BCUT2D eigenvalue weighted by Crippen LogP contribution is 2.34. The van der Waals surface area contributed by atoms with E-state index in [1.807, 2.05) is 12.1 Å². The van der Waals surface area contributed by atoms with Crippen LogP contribution in [0.1, 0.15) is 36.2 Å². The van der Waals surface area contributed by atoms with Gasteiger partial charge in [-0.15, -0.1) is 0 Å². The Labute approximate surface area is 170 Å². The van der Waals surface area contributed by atoms with Crippen LogP contribution in [0.2, 0.25) is 10.0 Å². The second kappa shape index (κ2) is 7.99. The maximum Gasteiger partial charge on any atom is 0.255 e. The van der Waals surface area contributed by atoms with E-state index in [-0.39, 0.29) is 5.91 Å². The van der Waals surface area contributed by atoms with Gasteiger partial charge >= 0.3 is 0 Å². The number of nitrogens with zero attached hydrogens (tertiary/aromatic N) is 1. The molecular formula is C21H25Cl2N3O. The highest BCUT2D eigenvalue weighted by Gasteiger charge is 2.24. The van der Waals surface area contributed by atoms with Crippen LogP contribution in [0.5, 0.6) is 0 Å². The van der Waals surface area contributed by atoms with Gasteiger partial charge in [-0.1, -0.05) is 37.0 Å². The molecule has 0 spiro atoms. The molecule has 6 heteroatoms. The van der Waals surface area contributed by atoms with E-state index in [0.717, 1.165) is 24.3 Å². The number of nitrogens with two attached hydrogens (primary N) is 1. The topological polar surface area (TPSA) is 58.4 Å². The third kappa shape index (κ3) is 4.50. The zero-order valence-corrected chi connectivity index (χ0v) is 17.4. The van der Waals surface area contributed by atoms with Gasteiger partial charge in [0.25, 0.3) is 5.91 Å². The Hall–Kier alpha value is -1.91. The number of carbonyl (C=O) groups is 1. The summed E-state index contributed by atoms with van der Waals surface area (Å²) in [6, 6.07) is 8.70. The van der Waals surface area contributed by atoms with Gasteiger partial charge in [-0.3, -0.25) is 4.79 Å². The summed E-state index contributed by atoms with van der Waals surface area (Å²) in [5.74, 6) is 1.01. The van der Waals surface area contributed by atoms with E-state index < -0.39 is 0 Å². The number of piperidine rings is 1. The molecule has 0 radical (unpaired) electrons. The maximum atomic E-state index is 12.6. The van der Waals surface area contributed by atoms with Gasteiger partial charge < -0.3 is 16.0 Å². The van der Waals surface area contributed by atoms with E-state index in [1.54, 1.807) is 18.2 Å². The Bertz CT molecular complexity index is 859. The summed E-state index contributed by atoms with van der Waals surface area (Å²) >= 11 is 12.0. The van der Waals surface area contributed by atoms with Gasteiger partial charge in [0.2, 0.25) is 0 Å². The van der Waals surface area contributed by atoms with Gasteiger partial charge in [0.1, 0.15) is 0 Å². The first-order chi connectivity index (χ1) is 12.7. The predicted octanol–water partition coefficient (Wildman–Crippen LogP) is 5.62. The van der Waals surface area contributed by atoms with Crippen molar-refractivity contribution in [1.82, 2.24) is 0 Å². The fraction of sp³-hybridized carbons (Fsp3) is 0.381. The first kappa shape index (κ1) is 19.8. The number of aryl methyl sites for hydroxylation is 1. The molecule has 1 aliphatic heterocycles. The standard InChI is InChI=1S/C21H25Cl2N3O/c1-12-6-13(2)11-26(10-12)20-9-19(18(24)7-14(20)3)25-21(27)15-4-5-16(22)17(23)8-15/h4-5,7-9,12-13H,6,10-11,24H2,1-3H3,(H,25,27). The van der Waals surface area contributed by atoms with Crippen molar-refractivity contribution in [2.24, 2.45) is 11.8 Å². The van der Waals surface area contributed by atoms with Crippen molar-refractivity contribution in [3.05, 3.63) is 51.5 Å². The van der Waals surface area contributed by atoms with E-state index in [9.17, 15) is 4.79 Å². The first-order valence-electron chi connectivity index (χ1n) is 9.16. The summed E-state index contributed by atoms with van der Waals surface area (Å²) in [6.45, 7) is 8.63. The predicted molar refractivity (Wildman–Crippen MR) is 115 cm³/mol. The van der Waals surface area contributed by atoms with Crippen molar-refractivity contribution < 1.29 is 4.79 Å². The molecule has 3 rings (SSSR count). The lowest BCUT2D eigenvalue weighted by Gasteiger charge is -2.37. The van der Waals surface area contributed by atoms with Crippen molar-refractivity contribution in [3.8, 4) is 0 Å². The average Bonchev–Trinajstić information content (AvgIpc) is 2.58. The van der Waals surface area contributed by atoms with Gasteiger partial charge in [-0.2, -0.15) is 0 Å². The molecule has 1 fully saturated rings. The third-order valence-corrected chi connectivity index (χ3v) is 5.75. The number of amides is 1. The Morgan fingerprint density at radius 2 is 1.78 bits per heavy atom. The lowest BCUT2D eigenvalue weighted by molar-refractivity contribution is 0.102. The summed E-state index contributed by atoms with van der Waals surface area (Å²) in [7, 11) is 0. The van der Waals surface area contributed by atoms with Crippen LogP contribution in [-0.4, -0.2) is 19.0 Å². The van der Waals surface area contributed by atoms with Gasteiger partial charge in [0, 0.05) is 24.3 Å². The van der Waals surface area contributed by atoms with Crippen LogP contribution in [0.3, 0.4) is 0 Å². The Kier molecular flexibility index (Phi) is 5.87. The van der Waals surface area contributed by atoms with Crippen molar-refractivity contribution in [1.29, 1.82) is 0 Å². The second-order valence-electron chi connectivity index (χ2n) is 7.66. The summed E-state index contributed by atoms with van der Waals surface area (Å²) < 4.78 is 0. The van der Waals surface area contributed by atoms with Crippen LogP contribution in [-0.2, 0) is 0 Å². The van der Waals surface area contributed by atoms with E-state index in [1.165, 1.54) is 6.42 Å². The molecule has 0 bridgehead atoms. The van der Waals surface area contributed by atoms with E-state index in [4.69, 9.17) is 28.9 Å². The number of carbonyl (C=O) groups excluding carboxylic acids is 1. The van der Waals surface area contributed by atoms with Crippen LogP contribution < -0.4 is 16.0 Å². The summed E-state index contributed by atoms with van der Waals surface area (Å²) in [6.07, 6.45) is 1.24. The molecule has 1 saturated heterocycles. The Balaban J connectivity index is 1.87. The first-order valence-corrected chi connectivity index (χ1v) is 9.91. The smallest absolute Gasteiger partial charge is 0.255 e. The van der Waals surface area contributed by atoms with Crippen molar-refractivity contribution >= 4 is 46.2 Å². The van der Waals surface area contributed by atoms with Crippen molar-refractivity contribution in [2.45, 2.75) is 27.2 Å². The highest BCUT2D eigenvalue weighted by atomic mass is 35.5. The van der Waals surface area contributed by atoms with Crippen LogP contribution in [0.15, 0.2) is 30.3 Å². The maximum absolute atomic E-state index is 12.6. The molecule has 2 aromatic carbocycles. The Morgan fingerprint density at radius 1 is 1.11 bits per heavy atom. The summed E-state index contributed by atoms with van der Waals surface area (Å²) in [5.41, 5.74) is 9.99. The number of nitrogen functional groups attached to an aromatic ring is 1. The number of anilines is 3. The number of nitrogens with one attached hydrogen (secondary N) is 1.